The smallest absolute Gasteiger partial charge is 0.126 e. The maximum absolute atomic E-state index is 13.5. The molecule has 0 aromatic heterocycles. The number of hydrogen-bond acceptors (Lipinski definition) is 4. The van der Waals surface area contributed by atoms with Gasteiger partial charge in [0.2, 0.25) is 0 Å². The van der Waals surface area contributed by atoms with Crippen LogP contribution in [0.3, 0.4) is 0 Å². The van der Waals surface area contributed by atoms with Crippen LogP contribution in [0.2, 0.25) is 0 Å². The Morgan fingerprint density at radius 1 is 1.15 bits per heavy atom. The van der Waals surface area contributed by atoms with Crippen molar-refractivity contribution in [2.75, 3.05) is 19.8 Å². The maximum atomic E-state index is 13.5. The third-order valence-electron chi connectivity index (χ3n) is 3.81. The lowest BCUT2D eigenvalue weighted by Gasteiger charge is -2.42. The van der Waals surface area contributed by atoms with Gasteiger partial charge in [0.15, 0.2) is 0 Å². The second-order valence-corrected chi connectivity index (χ2v) is 5.11. The highest BCUT2D eigenvalue weighted by Gasteiger charge is 2.41. The molecule has 1 aliphatic heterocycles. The van der Waals surface area contributed by atoms with Crippen molar-refractivity contribution in [2.24, 2.45) is 0 Å². The first kappa shape index (κ1) is 15.3. The molecule has 1 aromatic rings. The average molecular weight is 287 g/mol. The van der Waals surface area contributed by atoms with Crippen molar-refractivity contribution in [3.63, 3.8) is 0 Å². The standard InChI is InChI=1S/C14H19F2NO3/c15-7-11-13(19)14(20)12(18)8-17(11)6-5-9-3-1-2-4-10(9)16/h1-4,11-14,18-20H,5-8H2/t11-,12+,13-,14-/m1/s1. The minimum atomic E-state index is -1.35. The molecule has 0 spiro atoms. The molecule has 6 heteroatoms. The first-order valence-corrected chi connectivity index (χ1v) is 6.62. The number of hydrogen-bond donors (Lipinski definition) is 3. The zero-order chi connectivity index (χ0) is 14.7. The van der Waals surface area contributed by atoms with Gasteiger partial charge in [0, 0.05) is 13.1 Å². The molecule has 0 radical (unpaired) electrons. The van der Waals surface area contributed by atoms with Gasteiger partial charge in [-0.3, -0.25) is 4.90 Å². The highest BCUT2D eigenvalue weighted by molar-refractivity contribution is 5.17. The van der Waals surface area contributed by atoms with Crippen LogP contribution in [-0.2, 0) is 6.42 Å². The van der Waals surface area contributed by atoms with Crippen molar-refractivity contribution >= 4 is 0 Å². The Balaban J connectivity index is 2.02. The summed E-state index contributed by atoms with van der Waals surface area (Å²) in [5.74, 6) is -0.331. The Morgan fingerprint density at radius 3 is 2.50 bits per heavy atom. The van der Waals surface area contributed by atoms with Crippen LogP contribution in [0.5, 0.6) is 0 Å². The highest BCUT2D eigenvalue weighted by Crippen LogP contribution is 2.20. The Hall–Kier alpha value is -1.08. The number of rotatable bonds is 4. The average Bonchev–Trinajstić information content (AvgIpc) is 2.44. The zero-order valence-electron chi connectivity index (χ0n) is 11.0. The first-order valence-electron chi connectivity index (χ1n) is 6.62. The fourth-order valence-electron chi connectivity index (χ4n) is 2.57. The summed E-state index contributed by atoms with van der Waals surface area (Å²) in [7, 11) is 0. The molecule has 0 saturated carbocycles. The molecule has 3 N–H and O–H groups in total. The van der Waals surface area contributed by atoms with Crippen molar-refractivity contribution in [1.29, 1.82) is 0 Å². The summed E-state index contributed by atoms with van der Waals surface area (Å²) in [5.41, 5.74) is 0.500. The number of aliphatic hydroxyl groups is 3. The number of halogens is 2. The van der Waals surface area contributed by atoms with E-state index >= 15 is 0 Å². The van der Waals surface area contributed by atoms with Gasteiger partial charge < -0.3 is 15.3 Å². The molecule has 0 aliphatic carbocycles. The molecule has 1 saturated heterocycles. The molecular formula is C14H19F2NO3. The summed E-state index contributed by atoms with van der Waals surface area (Å²) in [6, 6.07) is 5.43. The van der Waals surface area contributed by atoms with Crippen LogP contribution in [0.25, 0.3) is 0 Å². The molecule has 0 bridgehead atoms. The summed E-state index contributed by atoms with van der Waals surface area (Å²) < 4.78 is 26.5. The largest absolute Gasteiger partial charge is 0.389 e. The monoisotopic (exact) mass is 287 g/mol. The van der Waals surface area contributed by atoms with Crippen LogP contribution in [-0.4, -0.2) is 64.3 Å². The SMILES string of the molecule is O[C@H]1[C@H](O)[C@@H](O)CN(CCc2ccccc2F)[C@@H]1CF. The molecule has 20 heavy (non-hydrogen) atoms. The van der Waals surface area contributed by atoms with Crippen molar-refractivity contribution in [2.45, 2.75) is 30.8 Å². The molecule has 1 fully saturated rings. The Labute approximate surface area is 116 Å². The van der Waals surface area contributed by atoms with Crippen LogP contribution < -0.4 is 0 Å². The fourth-order valence-corrected chi connectivity index (χ4v) is 2.57. The van der Waals surface area contributed by atoms with Crippen molar-refractivity contribution in [3.05, 3.63) is 35.6 Å². The molecule has 1 aromatic carbocycles. The Bertz CT molecular complexity index is 446. The van der Waals surface area contributed by atoms with E-state index in [2.05, 4.69) is 0 Å². The van der Waals surface area contributed by atoms with E-state index in [1.54, 1.807) is 23.1 Å². The normalized spacial score (nSPS) is 31.4. The summed E-state index contributed by atoms with van der Waals surface area (Å²) in [6.45, 7) is -0.472. The van der Waals surface area contributed by atoms with E-state index in [-0.39, 0.29) is 12.4 Å². The van der Waals surface area contributed by atoms with Gasteiger partial charge in [0.05, 0.1) is 12.1 Å². The summed E-state index contributed by atoms with van der Waals surface area (Å²) >= 11 is 0. The number of alkyl halides is 1. The molecular weight excluding hydrogens is 268 g/mol. The van der Waals surface area contributed by atoms with Gasteiger partial charge in [-0.05, 0) is 18.1 Å². The summed E-state index contributed by atoms with van der Waals surface area (Å²) in [6.07, 6.45) is -3.48. The molecule has 0 amide bonds. The van der Waals surface area contributed by atoms with Crippen LogP contribution in [0.4, 0.5) is 8.78 Å². The molecule has 4 nitrogen and oxygen atoms in total. The van der Waals surface area contributed by atoms with Crippen molar-refractivity contribution in [1.82, 2.24) is 4.90 Å². The van der Waals surface area contributed by atoms with Crippen molar-refractivity contribution < 1.29 is 24.1 Å². The molecule has 2 rings (SSSR count). The topological polar surface area (TPSA) is 63.9 Å². The molecule has 1 heterocycles. The summed E-state index contributed by atoms with van der Waals surface area (Å²) in [5, 5.41) is 28.9. The van der Waals surface area contributed by atoms with Gasteiger partial charge in [0.1, 0.15) is 24.7 Å². The lowest BCUT2D eigenvalue weighted by Crippen LogP contribution is -2.62. The van der Waals surface area contributed by atoms with Gasteiger partial charge in [-0.1, -0.05) is 18.2 Å². The first-order chi connectivity index (χ1) is 9.54. The number of aliphatic hydroxyl groups excluding tert-OH is 3. The van der Waals surface area contributed by atoms with Gasteiger partial charge in [0.25, 0.3) is 0 Å². The molecule has 112 valence electrons. The lowest BCUT2D eigenvalue weighted by atomic mass is 9.94. The van der Waals surface area contributed by atoms with E-state index in [1.807, 2.05) is 0 Å². The maximum Gasteiger partial charge on any atom is 0.126 e. The number of piperidine rings is 1. The minimum absolute atomic E-state index is 0.0568. The van der Waals surface area contributed by atoms with E-state index in [0.29, 0.717) is 18.5 Å². The predicted octanol–water partition coefficient (Wildman–Crippen LogP) is 0.105. The fraction of sp³-hybridized carbons (Fsp3) is 0.571. The van der Waals surface area contributed by atoms with Gasteiger partial charge in [-0.15, -0.1) is 0 Å². The molecule has 4 atom stereocenters. The summed E-state index contributed by atoms with van der Waals surface area (Å²) in [4.78, 5) is 1.55. The number of likely N-dealkylation sites (tertiary alicyclic amines) is 1. The number of benzene rings is 1. The van der Waals surface area contributed by atoms with Crippen LogP contribution in [0.1, 0.15) is 5.56 Å². The van der Waals surface area contributed by atoms with E-state index in [4.69, 9.17) is 0 Å². The Kier molecular flexibility index (Phi) is 5.04. The molecule has 0 unspecified atom stereocenters. The van der Waals surface area contributed by atoms with Crippen molar-refractivity contribution in [3.8, 4) is 0 Å². The molecule has 1 aliphatic rings. The zero-order valence-corrected chi connectivity index (χ0v) is 11.0. The number of nitrogens with zero attached hydrogens (tertiary/aromatic N) is 1. The van der Waals surface area contributed by atoms with Gasteiger partial charge in [-0.2, -0.15) is 0 Å². The predicted molar refractivity (Wildman–Crippen MR) is 69.5 cm³/mol. The lowest BCUT2D eigenvalue weighted by molar-refractivity contribution is -0.140. The highest BCUT2D eigenvalue weighted by atomic mass is 19.1. The van der Waals surface area contributed by atoms with E-state index < -0.39 is 31.0 Å². The van der Waals surface area contributed by atoms with Crippen LogP contribution >= 0.6 is 0 Å². The third kappa shape index (κ3) is 3.15. The van der Waals surface area contributed by atoms with E-state index in [0.717, 1.165) is 0 Å². The van der Waals surface area contributed by atoms with Crippen LogP contribution in [0, 0.1) is 5.82 Å². The number of β-amino-alcohol motifs (C(OH)–C–C–N with tert-alkyl or cyclic N) is 1. The van der Waals surface area contributed by atoms with Gasteiger partial charge in [-0.25, -0.2) is 8.78 Å². The second-order valence-electron chi connectivity index (χ2n) is 5.11. The second kappa shape index (κ2) is 6.58. The third-order valence-corrected chi connectivity index (χ3v) is 3.81. The van der Waals surface area contributed by atoms with Gasteiger partial charge >= 0.3 is 0 Å². The Morgan fingerprint density at radius 2 is 1.85 bits per heavy atom. The van der Waals surface area contributed by atoms with E-state index in [9.17, 15) is 24.1 Å². The van der Waals surface area contributed by atoms with Crippen LogP contribution in [0.15, 0.2) is 24.3 Å². The minimum Gasteiger partial charge on any atom is -0.389 e. The quantitative estimate of drug-likeness (QED) is 0.735. The van der Waals surface area contributed by atoms with E-state index in [1.165, 1.54) is 6.07 Å².